The molecule has 0 rings (SSSR count). The molecule has 0 aromatic carbocycles. The van der Waals surface area contributed by atoms with Gasteiger partial charge in [-0.1, -0.05) is 51.4 Å². The van der Waals surface area contributed by atoms with Gasteiger partial charge in [0.1, 0.15) is 0 Å². The van der Waals surface area contributed by atoms with Gasteiger partial charge in [-0.3, -0.25) is 4.79 Å². The smallest absolute Gasteiger partial charge is 0.306 e. The molecule has 0 saturated carbocycles. The van der Waals surface area contributed by atoms with E-state index in [2.05, 4.69) is 15.4 Å². The van der Waals surface area contributed by atoms with E-state index < -0.39 is 5.97 Å². The molecule has 0 unspecified atom stereocenters. The summed E-state index contributed by atoms with van der Waals surface area (Å²) in [6.45, 7) is 3.59. The van der Waals surface area contributed by atoms with E-state index >= 15 is 0 Å². The Hall–Kier alpha value is -0.730. The maximum Gasteiger partial charge on any atom is 0.306 e. The molecule has 0 fully saturated rings. The highest BCUT2D eigenvalue weighted by Crippen LogP contribution is 2.21. The van der Waals surface area contributed by atoms with Crippen molar-refractivity contribution in [3.63, 3.8) is 0 Å². The number of nitrogens with one attached hydrogen (secondary N) is 2. The third-order valence-electron chi connectivity index (χ3n) is 5.23. The van der Waals surface area contributed by atoms with Gasteiger partial charge in [0.2, 0.25) is 0 Å². The van der Waals surface area contributed by atoms with Crippen molar-refractivity contribution in [2.45, 2.75) is 83.0 Å². The molecule has 0 aliphatic heterocycles. The van der Waals surface area contributed by atoms with Crippen LogP contribution in [0.1, 0.15) is 77.0 Å². The third kappa shape index (κ3) is 16.7. The van der Waals surface area contributed by atoms with Crippen molar-refractivity contribution < 1.29 is 23.7 Å². The lowest BCUT2D eigenvalue weighted by Gasteiger charge is -2.28. The lowest BCUT2D eigenvalue weighted by molar-refractivity contribution is -0.355. The number of ether oxygens (including phenoxy) is 4. The Balaban J connectivity index is 3.22. The molecular formula is C22H46N2O5. The van der Waals surface area contributed by atoms with Crippen LogP contribution in [-0.2, 0) is 23.7 Å². The molecule has 0 radical (unpaired) electrons. The van der Waals surface area contributed by atoms with Crippen LogP contribution in [0.3, 0.4) is 0 Å². The molecule has 2 N–H and O–H groups in total. The number of carbonyl (C=O) groups excluding carboxylic acids is 1. The number of carbonyl (C=O) groups is 1. The van der Waals surface area contributed by atoms with E-state index in [0.29, 0.717) is 13.0 Å². The minimum atomic E-state index is -0.865. The molecule has 0 aromatic heterocycles. The summed E-state index contributed by atoms with van der Waals surface area (Å²) in [5.41, 5.74) is 0. The second-order valence-electron chi connectivity index (χ2n) is 7.41. The second-order valence-corrected chi connectivity index (χ2v) is 7.41. The fourth-order valence-electron chi connectivity index (χ4n) is 3.28. The predicted octanol–water partition coefficient (Wildman–Crippen LogP) is 3.61. The highest BCUT2D eigenvalue weighted by Gasteiger charge is 2.28. The van der Waals surface area contributed by atoms with Crippen LogP contribution < -0.4 is 10.6 Å². The number of unbranched alkanes of at least 4 members (excludes halogenated alkanes) is 9. The quantitative estimate of drug-likeness (QED) is 0.158. The first-order chi connectivity index (χ1) is 14.1. The van der Waals surface area contributed by atoms with Gasteiger partial charge in [-0.05, 0) is 19.4 Å². The first-order valence-electron chi connectivity index (χ1n) is 11.3. The van der Waals surface area contributed by atoms with Gasteiger partial charge >= 0.3 is 5.97 Å². The van der Waals surface area contributed by atoms with Crippen LogP contribution in [0.15, 0.2) is 0 Å². The maximum atomic E-state index is 10.9. The average molecular weight is 419 g/mol. The average Bonchev–Trinajstić information content (AvgIpc) is 2.75. The Morgan fingerprint density at radius 1 is 0.621 bits per heavy atom. The van der Waals surface area contributed by atoms with Gasteiger partial charge in [0.05, 0.1) is 13.5 Å². The summed E-state index contributed by atoms with van der Waals surface area (Å²) in [6.07, 6.45) is 13.9. The molecule has 174 valence electrons. The first kappa shape index (κ1) is 28.3. The number of esters is 1. The van der Waals surface area contributed by atoms with Gasteiger partial charge in [0, 0.05) is 47.4 Å². The third-order valence-corrected chi connectivity index (χ3v) is 5.23. The van der Waals surface area contributed by atoms with Crippen molar-refractivity contribution in [1.82, 2.24) is 10.6 Å². The van der Waals surface area contributed by atoms with E-state index in [1.807, 2.05) is 0 Å². The molecule has 0 heterocycles. The fourth-order valence-corrected chi connectivity index (χ4v) is 3.28. The van der Waals surface area contributed by atoms with E-state index in [4.69, 9.17) is 14.2 Å². The van der Waals surface area contributed by atoms with E-state index in [9.17, 15) is 4.79 Å². The van der Waals surface area contributed by atoms with Gasteiger partial charge in [0.25, 0.3) is 5.97 Å². The number of methoxy groups -OCH3 is 4. The Labute approximate surface area is 178 Å². The van der Waals surface area contributed by atoms with Crippen LogP contribution in [0.4, 0.5) is 0 Å². The van der Waals surface area contributed by atoms with E-state index in [-0.39, 0.29) is 5.97 Å². The molecule has 7 nitrogen and oxygen atoms in total. The summed E-state index contributed by atoms with van der Waals surface area (Å²) in [5, 5.41) is 6.66. The SMILES string of the molecule is COC(=O)CCNCCNCCCCCCCCCCCCC(OC)(OC)OC. The Kier molecular flexibility index (Phi) is 20.0. The van der Waals surface area contributed by atoms with Crippen LogP contribution in [0.5, 0.6) is 0 Å². The van der Waals surface area contributed by atoms with E-state index in [1.54, 1.807) is 21.3 Å². The van der Waals surface area contributed by atoms with Crippen molar-refractivity contribution in [1.29, 1.82) is 0 Å². The summed E-state index contributed by atoms with van der Waals surface area (Å²) in [6, 6.07) is 0. The lowest BCUT2D eigenvalue weighted by atomic mass is 10.1. The number of hydrogen-bond acceptors (Lipinski definition) is 7. The van der Waals surface area contributed by atoms with Crippen molar-refractivity contribution >= 4 is 5.97 Å². The summed E-state index contributed by atoms with van der Waals surface area (Å²) in [7, 11) is 6.28. The van der Waals surface area contributed by atoms with Gasteiger partial charge in [-0.2, -0.15) is 0 Å². The van der Waals surface area contributed by atoms with Crippen LogP contribution in [0.25, 0.3) is 0 Å². The standard InChI is InChI=1S/C22H46N2O5/c1-26-21(25)15-18-24-20-19-23-17-14-12-10-8-6-5-7-9-11-13-16-22(27-2,28-3)29-4/h23-24H,5-20H2,1-4H3. The normalized spacial score (nSPS) is 11.7. The Morgan fingerprint density at radius 2 is 1.07 bits per heavy atom. The van der Waals surface area contributed by atoms with Gasteiger partial charge < -0.3 is 29.6 Å². The largest absolute Gasteiger partial charge is 0.469 e. The number of hydrogen-bond donors (Lipinski definition) is 2. The van der Waals surface area contributed by atoms with Gasteiger partial charge in [0.15, 0.2) is 0 Å². The zero-order valence-electron chi connectivity index (χ0n) is 19.4. The minimum Gasteiger partial charge on any atom is -0.469 e. The zero-order chi connectivity index (χ0) is 21.6. The maximum absolute atomic E-state index is 10.9. The first-order valence-corrected chi connectivity index (χ1v) is 11.3. The summed E-state index contributed by atoms with van der Waals surface area (Å²) in [5.74, 6) is -1.02. The molecule has 0 amide bonds. The Morgan fingerprint density at radius 3 is 1.55 bits per heavy atom. The highest BCUT2D eigenvalue weighted by molar-refractivity contribution is 5.69. The predicted molar refractivity (Wildman–Crippen MR) is 117 cm³/mol. The van der Waals surface area contributed by atoms with Crippen LogP contribution in [0.2, 0.25) is 0 Å². The van der Waals surface area contributed by atoms with E-state index in [0.717, 1.165) is 32.5 Å². The van der Waals surface area contributed by atoms with Crippen molar-refractivity contribution in [2.24, 2.45) is 0 Å². The highest BCUT2D eigenvalue weighted by atomic mass is 16.9. The fraction of sp³-hybridized carbons (Fsp3) is 0.955. The molecule has 0 aliphatic carbocycles. The molecule has 0 aliphatic rings. The lowest BCUT2D eigenvalue weighted by Crippen LogP contribution is -2.35. The molecular weight excluding hydrogens is 372 g/mol. The molecule has 0 spiro atoms. The minimum absolute atomic E-state index is 0.159. The topological polar surface area (TPSA) is 78.1 Å². The summed E-state index contributed by atoms with van der Waals surface area (Å²) >= 11 is 0. The van der Waals surface area contributed by atoms with Crippen LogP contribution >= 0.6 is 0 Å². The van der Waals surface area contributed by atoms with Gasteiger partial charge in [-0.25, -0.2) is 0 Å². The Bertz CT molecular complexity index is 357. The molecule has 0 aromatic rings. The monoisotopic (exact) mass is 418 g/mol. The molecule has 0 saturated heterocycles. The van der Waals surface area contributed by atoms with E-state index in [1.165, 1.54) is 64.9 Å². The second kappa shape index (κ2) is 20.5. The molecule has 0 atom stereocenters. The summed E-state index contributed by atoms with van der Waals surface area (Å²) in [4.78, 5) is 10.9. The molecule has 29 heavy (non-hydrogen) atoms. The van der Waals surface area contributed by atoms with Crippen molar-refractivity contribution in [3.05, 3.63) is 0 Å². The number of rotatable bonds is 22. The van der Waals surface area contributed by atoms with Gasteiger partial charge in [-0.15, -0.1) is 0 Å². The van der Waals surface area contributed by atoms with Crippen LogP contribution in [-0.4, -0.2) is 66.6 Å². The molecule has 7 heteroatoms. The van der Waals surface area contributed by atoms with Crippen molar-refractivity contribution in [2.75, 3.05) is 54.6 Å². The van der Waals surface area contributed by atoms with Crippen LogP contribution in [0, 0.1) is 0 Å². The summed E-state index contributed by atoms with van der Waals surface area (Å²) < 4.78 is 20.5. The molecule has 0 bridgehead atoms. The zero-order valence-corrected chi connectivity index (χ0v) is 19.4. The van der Waals surface area contributed by atoms with Crippen molar-refractivity contribution in [3.8, 4) is 0 Å².